The maximum Gasteiger partial charge on any atom is 0.261 e. The van der Waals surface area contributed by atoms with E-state index in [9.17, 15) is 13.6 Å². The summed E-state index contributed by atoms with van der Waals surface area (Å²) in [5, 5.41) is 2.57. The van der Waals surface area contributed by atoms with E-state index in [2.05, 4.69) is 41.9 Å². The van der Waals surface area contributed by atoms with Crippen LogP contribution < -0.4 is 5.32 Å². The van der Waals surface area contributed by atoms with Gasteiger partial charge in [-0.25, -0.2) is 8.78 Å². The summed E-state index contributed by atoms with van der Waals surface area (Å²) < 4.78 is 29.7. The number of thiophene rings is 1. The zero-order chi connectivity index (χ0) is 12.8. The Bertz CT molecular complexity index is 368. The largest absolute Gasteiger partial charge is 0.374 e. The van der Waals surface area contributed by atoms with Crippen molar-refractivity contribution in [1.29, 1.82) is 0 Å². The third-order valence-corrected chi connectivity index (χ3v) is 4.90. The van der Waals surface area contributed by atoms with Crippen LogP contribution in [0.25, 0.3) is 0 Å². The standard InChI is InChI=1S/C9H9Br2F2NO2S/c10-5-3-6(17-8(5)11)9(15)14-1-2-16-4-7(12)13/h3,7H,1-2,4H2,(H,14,15). The molecule has 0 spiro atoms. The second kappa shape index (κ2) is 7.40. The Balaban J connectivity index is 2.26. The monoisotopic (exact) mass is 391 g/mol. The van der Waals surface area contributed by atoms with Crippen LogP contribution in [0.3, 0.4) is 0 Å². The molecule has 0 aliphatic rings. The fourth-order valence-corrected chi connectivity index (χ4v) is 2.91. The average molecular weight is 393 g/mol. The first kappa shape index (κ1) is 15.0. The van der Waals surface area contributed by atoms with Gasteiger partial charge in [0.1, 0.15) is 6.61 Å². The molecule has 0 bridgehead atoms. The van der Waals surface area contributed by atoms with Crippen LogP contribution in [0.1, 0.15) is 9.67 Å². The molecule has 1 N–H and O–H groups in total. The zero-order valence-corrected chi connectivity index (χ0v) is 12.5. The van der Waals surface area contributed by atoms with E-state index in [0.29, 0.717) is 4.88 Å². The van der Waals surface area contributed by atoms with E-state index in [-0.39, 0.29) is 19.1 Å². The minimum absolute atomic E-state index is 0.0732. The number of hydrogen-bond donors (Lipinski definition) is 1. The minimum Gasteiger partial charge on any atom is -0.374 e. The quantitative estimate of drug-likeness (QED) is 0.754. The SMILES string of the molecule is O=C(NCCOCC(F)F)c1cc(Br)c(Br)s1. The van der Waals surface area contributed by atoms with E-state index >= 15 is 0 Å². The average Bonchev–Trinajstić information content (AvgIpc) is 2.58. The van der Waals surface area contributed by atoms with Gasteiger partial charge >= 0.3 is 0 Å². The molecule has 0 radical (unpaired) electrons. The van der Waals surface area contributed by atoms with Crippen molar-refractivity contribution in [3.05, 3.63) is 19.2 Å². The predicted molar refractivity (Wildman–Crippen MR) is 68.9 cm³/mol. The molecule has 8 heteroatoms. The second-order valence-corrected chi connectivity index (χ2v) is 6.18. The van der Waals surface area contributed by atoms with E-state index in [1.165, 1.54) is 11.3 Å². The fraction of sp³-hybridized carbons (Fsp3) is 0.444. The van der Waals surface area contributed by atoms with Crippen molar-refractivity contribution in [2.24, 2.45) is 0 Å². The Kier molecular flexibility index (Phi) is 6.53. The topological polar surface area (TPSA) is 38.3 Å². The highest BCUT2D eigenvalue weighted by atomic mass is 79.9. The van der Waals surface area contributed by atoms with Crippen molar-refractivity contribution in [3.8, 4) is 0 Å². The molecule has 1 aromatic heterocycles. The number of carbonyl (C=O) groups excluding carboxylic acids is 1. The van der Waals surface area contributed by atoms with Gasteiger partial charge in [-0.15, -0.1) is 11.3 Å². The molecule has 0 aliphatic heterocycles. The van der Waals surface area contributed by atoms with Crippen LogP contribution in [-0.4, -0.2) is 32.1 Å². The highest BCUT2D eigenvalue weighted by Gasteiger charge is 2.11. The lowest BCUT2D eigenvalue weighted by Gasteiger charge is -2.04. The molecule has 0 fully saturated rings. The van der Waals surface area contributed by atoms with Gasteiger partial charge in [-0.2, -0.15) is 0 Å². The van der Waals surface area contributed by atoms with Gasteiger partial charge in [-0.3, -0.25) is 4.79 Å². The lowest BCUT2D eigenvalue weighted by atomic mass is 10.4. The van der Waals surface area contributed by atoms with Crippen LogP contribution >= 0.6 is 43.2 Å². The molecule has 0 atom stereocenters. The molecular formula is C9H9Br2F2NO2S. The molecule has 96 valence electrons. The highest BCUT2D eigenvalue weighted by molar-refractivity contribution is 9.13. The van der Waals surface area contributed by atoms with Crippen molar-refractivity contribution in [2.75, 3.05) is 19.8 Å². The number of alkyl halides is 2. The van der Waals surface area contributed by atoms with E-state index in [1.807, 2.05) is 0 Å². The third kappa shape index (κ3) is 5.41. The van der Waals surface area contributed by atoms with E-state index in [1.54, 1.807) is 6.07 Å². The van der Waals surface area contributed by atoms with Crippen LogP contribution in [0, 0.1) is 0 Å². The van der Waals surface area contributed by atoms with Crippen LogP contribution in [0.2, 0.25) is 0 Å². The molecule has 0 aromatic carbocycles. The Morgan fingerprint density at radius 3 is 2.76 bits per heavy atom. The van der Waals surface area contributed by atoms with Gasteiger partial charge < -0.3 is 10.1 Å². The van der Waals surface area contributed by atoms with Gasteiger partial charge in [-0.1, -0.05) is 0 Å². The number of halogens is 4. The Labute approximate surface area is 118 Å². The smallest absolute Gasteiger partial charge is 0.261 e. The van der Waals surface area contributed by atoms with Crippen molar-refractivity contribution >= 4 is 49.1 Å². The first-order chi connectivity index (χ1) is 8.00. The number of carbonyl (C=O) groups is 1. The lowest BCUT2D eigenvalue weighted by Crippen LogP contribution is -2.27. The summed E-state index contributed by atoms with van der Waals surface area (Å²) in [6.45, 7) is -0.325. The number of amides is 1. The number of hydrogen-bond acceptors (Lipinski definition) is 3. The normalized spacial score (nSPS) is 10.9. The summed E-state index contributed by atoms with van der Waals surface area (Å²) in [6, 6.07) is 1.68. The second-order valence-electron chi connectivity index (χ2n) is 2.95. The molecule has 0 saturated heterocycles. The fourth-order valence-electron chi connectivity index (χ4n) is 0.955. The predicted octanol–water partition coefficient (Wildman–Crippen LogP) is 3.28. The van der Waals surface area contributed by atoms with Crippen LogP contribution in [0.4, 0.5) is 8.78 Å². The Morgan fingerprint density at radius 1 is 1.53 bits per heavy atom. The zero-order valence-electron chi connectivity index (χ0n) is 8.51. The van der Waals surface area contributed by atoms with E-state index in [0.717, 1.165) is 8.26 Å². The summed E-state index contributed by atoms with van der Waals surface area (Å²) in [5.41, 5.74) is 0. The molecule has 0 aliphatic carbocycles. The van der Waals surface area contributed by atoms with E-state index in [4.69, 9.17) is 0 Å². The van der Waals surface area contributed by atoms with Gasteiger partial charge in [0.25, 0.3) is 12.3 Å². The molecule has 0 unspecified atom stereocenters. The number of nitrogens with one attached hydrogen (secondary N) is 1. The van der Waals surface area contributed by atoms with Crippen molar-refractivity contribution in [2.45, 2.75) is 6.43 Å². The van der Waals surface area contributed by atoms with E-state index < -0.39 is 13.0 Å². The van der Waals surface area contributed by atoms with Gasteiger partial charge in [0, 0.05) is 11.0 Å². The molecule has 3 nitrogen and oxygen atoms in total. The maximum absolute atomic E-state index is 11.7. The Hall–Kier alpha value is -0.0500. The van der Waals surface area contributed by atoms with Gasteiger partial charge in [0.2, 0.25) is 0 Å². The molecule has 17 heavy (non-hydrogen) atoms. The lowest BCUT2D eigenvalue weighted by molar-refractivity contribution is 0.0188. The number of rotatable bonds is 6. The highest BCUT2D eigenvalue weighted by Crippen LogP contribution is 2.32. The van der Waals surface area contributed by atoms with Crippen LogP contribution in [0.5, 0.6) is 0 Å². The Morgan fingerprint density at radius 2 is 2.24 bits per heavy atom. The van der Waals surface area contributed by atoms with Gasteiger partial charge in [-0.05, 0) is 37.9 Å². The van der Waals surface area contributed by atoms with Crippen LogP contribution in [0.15, 0.2) is 14.3 Å². The third-order valence-electron chi connectivity index (χ3n) is 1.64. The maximum atomic E-state index is 11.7. The summed E-state index contributed by atoms with van der Waals surface area (Å²) in [7, 11) is 0. The molecule has 1 rings (SSSR count). The van der Waals surface area contributed by atoms with Gasteiger partial charge in [0.05, 0.1) is 15.3 Å². The molecule has 1 heterocycles. The first-order valence-corrected chi connectivity index (χ1v) is 7.00. The summed E-state index contributed by atoms with van der Waals surface area (Å²) in [5.74, 6) is -0.248. The minimum atomic E-state index is -2.48. The van der Waals surface area contributed by atoms with Crippen molar-refractivity contribution < 1.29 is 18.3 Å². The first-order valence-electron chi connectivity index (χ1n) is 4.59. The number of ether oxygens (including phenoxy) is 1. The van der Waals surface area contributed by atoms with Crippen molar-refractivity contribution in [3.63, 3.8) is 0 Å². The van der Waals surface area contributed by atoms with Crippen LogP contribution in [-0.2, 0) is 4.74 Å². The van der Waals surface area contributed by atoms with Crippen molar-refractivity contribution in [1.82, 2.24) is 5.32 Å². The molecule has 1 aromatic rings. The summed E-state index contributed by atoms with van der Waals surface area (Å²) in [6.07, 6.45) is -2.48. The molecular weight excluding hydrogens is 384 g/mol. The summed E-state index contributed by atoms with van der Waals surface area (Å²) >= 11 is 7.83. The molecule has 0 saturated carbocycles. The van der Waals surface area contributed by atoms with Gasteiger partial charge in [0.15, 0.2) is 0 Å². The molecule has 1 amide bonds. The summed E-state index contributed by atoms with van der Waals surface area (Å²) in [4.78, 5) is 12.1.